The largest absolute Gasteiger partial charge is 0.337 e. The molecule has 0 radical (unpaired) electrons. The van der Waals surface area contributed by atoms with E-state index in [1.807, 2.05) is 6.07 Å². The molecule has 0 saturated carbocycles. The molecule has 0 unspecified atom stereocenters. The molecule has 1 amide bonds. The lowest BCUT2D eigenvalue weighted by Gasteiger charge is -2.31. The van der Waals surface area contributed by atoms with Gasteiger partial charge in [-0.05, 0) is 37.4 Å². The zero-order valence-corrected chi connectivity index (χ0v) is 10.3. The molecule has 0 aliphatic carbocycles. The second kappa shape index (κ2) is 4.69. The summed E-state index contributed by atoms with van der Waals surface area (Å²) in [6.07, 6.45) is 2.71. The quantitative estimate of drug-likeness (QED) is 0.816. The molecule has 1 fully saturated rings. The maximum Gasteiger partial charge on any atom is 0.240 e. The number of fused-ring (bicyclic) bond motifs is 1. The Balaban J connectivity index is 1.78. The summed E-state index contributed by atoms with van der Waals surface area (Å²) >= 11 is 0. The zero-order chi connectivity index (χ0) is 12.5. The van der Waals surface area contributed by atoms with Gasteiger partial charge in [0.15, 0.2) is 0 Å². The van der Waals surface area contributed by atoms with Gasteiger partial charge in [-0.15, -0.1) is 0 Å². The molecule has 2 aliphatic rings. The minimum Gasteiger partial charge on any atom is -0.337 e. The van der Waals surface area contributed by atoms with E-state index >= 15 is 0 Å². The van der Waals surface area contributed by atoms with Gasteiger partial charge in [0.05, 0.1) is 6.04 Å². The van der Waals surface area contributed by atoms with E-state index in [1.54, 1.807) is 11.0 Å². The Morgan fingerprint density at radius 2 is 2.33 bits per heavy atom. The van der Waals surface area contributed by atoms with Crippen LogP contribution in [0.4, 0.5) is 4.39 Å². The number of carbonyl (C=O) groups excluding carboxylic acids is 1. The van der Waals surface area contributed by atoms with Crippen molar-refractivity contribution in [2.75, 3.05) is 13.1 Å². The molecule has 1 atom stereocenters. The molecule has 18 heavy (non-hydrogen) atoms. The third-order valence-electron chi connectivity index (χ3n) is 3.89. The highest BCUT2D eigenvalue weighted by atomic mass is 19.1. The van der Waals surface area contributed by atoms with E-state index in [-0.39, 0.29) is 17.8 Å². The van der Waals surface area contributed by atoms with Crippen LogP contribution in [0.5, 0.6) is 0 Å². The first kappa shape index (κ1) is 11.7. The highest BCUT2D eigenvalue weighted by Gasteiger charge is 2.29. The number of nitrogens with zero attached hydrogens (tertiary/aromatic N) is 1. The Labute approximate surface area is 106 Å². The van der Waals surface area contributed by atoms with Crippen molar-refractivity contribution in [1.82, 2.24) is 10.2 Å². The third kappa shape index (κ3) is 2.01. The summed E-state index contributed by atoms with van der Waals surface area (Å²) in [6.45, 7) is 2.03. The first-order valence-corrected chi connectivity index (χ1v) is 6.54. The molecule has 3 nitrogen and oxygen atoms in total. The van der Waals surface area contributed by atoms with Crippen LogP contribution in [0.15, 0.2) is 18.2 Å². The fourth-order valence-electron chi connectivity index (χ4n) is 2.84. The summed E-state index contributed by atoms with van der Waals surface area (Å²) in [5, 5.41) is 3.21. The second-order valence-electron chi connectivity index (χ2n) is 5.04. The molecule has 2 heterocycles. The van der Waals surface area contributed by atoms with Crippen LogP contribution in [-0.4, -0.2) is 29.9 Å². The topological polar surface area (TPSA) is 32.3 Å². The van der Waals surface area contributed by atoms with Gasteiger partial charge >= 0.3 is 0 Å². The smallest absolute Gasteiger partial charge is 0.240 e. The van der Waals surface area contributed by atoms with Crippen molar-refractivity contribution >= 4 is 5.91 Å². The fourth-order valence-corrected chi connectivity index (χ4v) is 2.84. The molecular weight excluding hydrogens is 231 g/mol. The van der Waals surface area contributed by atoms with Gasteiger partial charge in [-0.3, -0.25) is 4.79 Å². The zero-order valence-electron chi connectivity index (χ0n) is 10.3. The molecule has 1 aromatic rings. The van der Waals surface area contributed by atoms with E-state index < -0.39 is 0 Å². The number of carbonyl (C=O) groups is 1. The minimum atomic E-state index is -0.190. The molecule has 1 N–H and O–H groups in total. The molecular formula is C14H17FN2O. The van der Waals surface area contributed by atoms with Crippen molar-refractivity contribution in [3.63, 3.8) is 0 Å². The van der Waals surface area contributed by atoms with Gasteiger partial charge in [0.2, 0.25) is 5.91 Å². The van der Waals surface area contributed by atoms with Crippen LogP contribution in [-0.2, 0) is 17.8 Å². The molecule has 1 saturated heterocycles. The van der Waals surface area contributed by atoms with E-state index in [0.717, 1.165) is 31.4 Å². The molecule has 3 rings (SSSR count). The summed E-state index contributed by atoms with van der Waals surface area (Å²) < 4.78 is 13.7. The monoisotopic (exact) mass is 248 g/mol. The predicted octanol–water partition coefficient (Wildman–Crippen LogP) is 1.46. The summed E-state index contributed by atoms with van der Waals surface area (Å²) in [6, 6.07) is 5.11. The maximum absolute atomic E-state index is 13.7. The van der Waals surface area contributed by atoms with Crippen LogP contribution in [0.2, 0.25) is 0 Å². The van der Waals surface area contributed by atoms with Crippen LogP contribution in [0, 0.1) is 5.82 Å². The van der Waals surface area contributed by atoms with Gasteiger partial charge in [0.25, 0.3) is 0 Å². The van der Waals surface area contributed by atoms with Gasteiger partial charge < -0.3 is 10.2 Å². The standard InChI is InChI=1S/C14H17FN2O/c15-12-4-1-3-10-6-8-17(9-11(10)12)14(18)13-5-2-7-16-13/h1,3-4,13,16H,2,5-9H2/t13-/m1/s1. The van der Waals surface area contributed by atoms with Crippen molar-refractivity contribution in [1.29, 1.82) is 0 Å². The minimum absolute atomic E-state index is 0.0571. The average Bonchev–Trinajstić information content (AvgIpc) is 2.92. The highest BCUT2D eigenvalue weighted by molar-refractivity contribution is 5.82. The Hall–Kier alpha value is -1.42. The number of halogens is 1. The Morgan fingerprint density at radius 1 is 1.44 bits per heavy atom. The average molecular weight is 248 g/mol. The van der Waals surface area contributed by atoms with Gasteiger partial charge in [-0.1, -0.05) is 12.1 Å². The highest BCUT2D eigenvalue weighted by Crippen LogP contribution is 2.23. The Bertz CT molecular complexity index is 469. The van der Waals surface area contributed by atoms with Crippen LogP contribution in [0.3, 0.4) is 0 Å². The molecule has 0 spiro atoms. The van der Waals surface area contributed by atoms with E-state index in [4.69, 9.17) is 0 Å². The maximum atomic E-state index is 13.7. The molecule has 0 bridgehead atoms. The summed E-state index contributed by atoms with van der Waals surface area (Å²) in [5.74, 6) is -0.0641. The van der Waals surface area contributed by atoms with Crippen molar-refractivity contribution in [3.8, 4) is 0 Å². The first-order valence-electron chi connectivity index (χ1n) is 6.54. The molecule has 0 aromatic heterocycles. The van der Waals surface area contributed by atoms with E-state index in [1.165, 1.54) is 6.07 Å². The van der Waals surface area contributed by atoms with Crippen molar-refractivity contribution < 1.29 is 9.18 Å². The molecule has 4 heteroatoms. The van der Waals surface area contributed by atoms with Crippen LogP contribution < -0.4 is 5.32 Å². The third-order valence-corrected chi connectivity index (χ3v) is 3.89. The SMILES string of the molecule is O=C([C@H]1CCCN1)N1CCc2cccc(F)c2C1. The fraction of sp³-hybridized carbons (Fsp3) is 0.500. The summed E-state index contributed by atoms with van der Waals surface area (Å²) in [7, 11) is 0. The van der Waals surface area contributed by atoms with Gasteiger partial charge in [0, 0.05) is 18.7 Å². The number of nitrogens with one attached hydrogen (secondary N) is 1. The van der Waals surface area contributed by atoms with Gasteiger partial charge in [-0.2, -0.15) is 0 Å². The molecule has 2 aliphatic heterocycles. The van der Waals surface area contributed by atoms with Crippen molar-refractivity contribution in [2.24, 2.45) is 0 Å². The van der Waals surface area contributed by atoms with Gasteiger partial charge in [-0.25, -0.2) is 4.39 Å². The Kier molecular flexibility index (Phi) is 3.04. The lowest BCUT2D eigenvalue weighted by molar-refractivity contribution is -0.134. The van der Waals surface area contributed by atoms with E-state index in [9.17, 15) is 9.18 Å². The van der Waals surface area contributed by atoms with Crippen molar-refractivity contribution in [3.05, 3.63) is 35.1 Å². The number of benzene rings is 1. The van der Waals surface area contributed by atoms with Crippen molar-refractivity contribution in [2.45, 2.75) is 31.8 Å². The number of rotatable bonds is 1. The molecule has 96 valence electrons. The Morgan fingerprint density at radius 3 is 3.11 bits per heavy atom. The number of hydrogen-bond donors (Lipinski definition) is 1. The number of hydrogen-bond acceptors (Lipinski definition) is 2. The van der Waals surface area contributed by atoms with Gasteiger partial charge in [0.1, 0.15) is 5.82 Å². The lowest BCUT2D eigenvalue weighted by Crippen LogP contribution is -2.45. The normalized spacial score (nSPS) is 22.9. The lowest BCUT2D eigenvalue weighted by atomic mass is 9.98. The van der Waals surface area contributed by atoms with Crippen LogP contribution in [0.1, 0.15) is 24.0 Å². The summed E-state index contributed by atoms with van der Waals surface area (Å²) in [5.41, 5.74) is 1.73. The van der Waals surface area contributed by atoms with Crippen LogP contribution >= 0.6 is 0 Å². The molecule has 1 aromatic carbocycles. The van der Waals surface area contributed by atoms with E-state index in [0.29, 0.717) is 18.7 Å². The predicted molar refractivity (Wildman–Crippen MR) is 66.5 cm³/mol. The second-order valence-corrected chi connectivity index (χ2v) is 5.04. The van der Waals surface area contributed by atoms with Crippen LogP contribution in [0.25, 0.3) is 0 Å². The first-order chi connectivity index (χ1) is 8.75. The number of amides is 1. The van der Waals surface area contributed by atoms with E-state index in [2.05, 4.69) is 5.32 Å². The summed E-state index contributed by atoms with van der Waals surface area (Å²) in [4.78, 5) is 14.0.